The number of aromatic nitrogens is 2. The first-order valence-electron chi connectivity index (χ1n) is 4.66. The van der Waals surface area contributed by atoms with E-state index in [9.17, 15) is 9.50 Å². The van der Waals surface area contributed by atoms with Gasteiger partial charge in [0.05, 0.1) is 18.5 Å². The van der Waals surface area contributed by atoms with E-state index < -0.39 is 5.82 Å². The predicted molar refractivity (Wildman–Crippen MR) is 49.4 cm³/mol. The number of piperidine rings is 1. The molecule has 1 aromatic rings. The number of anilines is 1. The molecule has 2 rings (SSSR count). The van der Waals surface area contributed by atoms with E-state index in [-0.39, 0.29) is 6.10 Å². The van der Waals surface area contributed by atoms with Crippen LogP contribution in [0.3, 0.4) is 0 Å². The highest BCUT2D eigenvalue weighted by atomic mass is 19.1. The molecule has 5 heteroatoms. The Morgan fingerprint density at radius 3 is 2.79 bits per heavy atom. The van der Waals surface area contributed by atoms with Crippen molar-refractivity contribution in [2.75, 3.05) is 18.0 Å². The van der Waals surface area contributed by atoms with Crippen LogP contribution in [-0.2, 0) is 0 Å². The van der Waals surface area contributed by atoms with Crippen LogP contribution in [0.25, 0.3) is 0 Å². The van der Waals surface area contributed by atoms with Gasteiger partial charge in [0.25, 0.3) is 0 Å². The molecule has 0 aromatic carbocycles. The molecule has 1 atom stereocenters. The Kier molecular flexibility index (Phi) is 2.58. The minimum atomic E-state index is -0.439. The third kappa shape index (κ3) is 1.98. The second kappa shape index (κ2) is 3.88. The second-order valence-electron chi connectivity index (χ2n) is 3.44. The van der Waals surface area contributed by atoms with Crippen molar-refractivity contribution >= 4 is 5.95 Å². The molecule has 2 heterocycles. The summed E-state index contributed by atoms with van der Waals surface area (Å²) in [5, 5.41) is 9.42. The minimum absolute atomic E-state index is 0.322. The highest BCUT2D eigenvalue weighted by Gasteiger charge is 2.19. The standard InChI is InChI=1S/C9H12FN3O/c10-7-4-11-9(12-5-7)13-3-1-2-8(14)6-13/h4-5,8,14H,1-3,6H2/t8-/m0/s1. The smallest absolute Gasteiger partial charge is 0.225 e. The fourth-order valence-electron chi connectivity index (χ4n) is 1.61. The van der Waals surface area contributed by atoms with E-state index in [4.69, 9.17) is 0 Å². The van der Waals surface area contributed by atoms with Crippen molar-refractivity contribution < 1.29 is 9.50 Å². The largest absolute Gasteiger partial charge is 0.391 e. The maximum absolute atomic E-state index is 12.5. The number of hydrogen-bond acceptors (Lipinski definition) is 4. The van der Waals surface area contributed by atoms with Gasteiger partial charge in [0.15, 0.2) is 5.82 Å². The molecule has 0 bridgehead atoms. The van der Waals surface area contributed by atoms with Crippen molar-refractivity contribution in [1.29, 1.82) is 0 Å². The maximum atomic E-state index is 12.5. The van der Waals surface area contributed by atoms with Crippen LogP contribution in [-0.4, -0.2) is 34.3 Å². The van der Waals surface area contributed by atoms with Gasteiger partial charge in [-0.15, -0.1) is 0 Å². The van der Waals surface area contributed by atoms with E-state index in [0.717, 1.165) is 31.8 Å². The Bertz CT molecular complexity index is 303. The summed E-state index contributed by atoms with van der Waals surface area (Å²) >= 11 is 0. The SMILES string of the molecule is O[C@H]1CCCN(c2ncc(F)cn2)C1. The summed E-state index contributed by atoms with van der Waals surface area (Å²) in [6.45, 7) is 1.36. The van der Waals surface area contributed by atoms with Crippen LogP contribution in [0, 0.1) is 5.82 Å². The Morgan fingerprint density at radius 2 is 2.14 bits per heavy atom. The van der Waals surface area contributed by atoms with Crippen LogP contribution in [0.1, 0.15) is 12.8 Å². The van der Waals surface area contributed by atoms with Gasteiger partial charge in [-0.05, 0) is 12.8 Å². The van der Waals surface area contributed by atoms with Gasteiger partial charge in [-0.1, -0.05) is 0 Å². The summed E-state index contributed by atoms with van der Waals surface area (Å²) in [5.74, 6) is 0.0523. The van der Waals surface area contributed by atoms with Crippen LogP contribution in [0.4, 0.5) is 10.3 Å². The van der Waals surface area contributed by atoms with Crippen molar-refractivity contribution in [3.63, 3.8) is 0 Å². The summed E-state index contributed by atoms with van der Waals surface area (Å²) in [4.78, 5) is 9.60. The van der Waals surface area contributed by atoms with Crippen LogP contribution >= 0.6 is 0 Å². The molecule has 14 heavy (non-hydrogen) atoms. The van der Waals surface area contributed by atoms with Crippen molar-refractivity contribution in [2.45, 2.75) is 18.9 Å². The molecule has 0 spiro atoms. The molecule has 1 N–H and O–H groups in total. The maximum Gasteiger partial charge on any atom is 0.225 e. The van der Waals surface area contributed by atoms with E-state index in [1.807, 2.05) is 4.90 Å². The van der Waals surface area contributed by atoms with Crippen LogP contribution in [0.15, 0.2) is 12.4 Å². The first-order valence-corrected chi connectivity index (χ1v) is 4.66. The summed E-state index contributed by atoms with van der Waals surface area (Å²) < 4.78 is 12.5. The molecule has 1 aliphatic heterocycles. The molecule has 0 aliphatic carbocycles. The third-order valence-corrected chi connectivity index (χ3v) is 2.29. The van der Waals surface area contributed by atoms with E-state index in [0.29, 0.717) is 12.5 Å². The minimum Gasteiger partial charge on any atom is -0.391 e. The number of hydrogen-bond donors (Lipinski definition) is 1. The van der Waals surface area contributed by atoms with E-state index >= 15 is 0 Å². The topological polar surface area (TPSA) is 49.2 Å². The number of rotatable bonds is 1. The van der Waals surface area contributed by atoms with Crippen molar-refractivity contribution in [1.82, 2.24) is 9.97 Å². The Labute approximate surface area is 81.4 Å². The first-order chi connectivity index (χ1) is 6.75. The molecule has 1 aliphatic rings. The molecular formula is C9H12FN3O. The van der Waals surface area contributed by atoms with E-state index in [1.165, 1.54) is 0 Å². The van der Waals surface area contributed by atoms with Gasteiger partial charge in [-0.25, -0.2) is 14.4 Å². The normalized spacial score (nSPS) is 22.4. The Morgan fingerprint density at radius 1 is 1.43 bits per heavy atom. The number of aliphatic hydroxyl groups is 1. The van der Waals surface area contributed by atoms with Crippen LogP contribution < -0.4 is 4.90 Å². The lowest BCUT2D eigenvalue weighted by molar-refractivity contribution is 0.153. The fraction of sp³-hybridized carbons (Fsp3) is 0.556. The highest BCUT2D eigenvalue weighted by Crippen LogP contribution is 2.15. The van der Waals surface area contributed by atoms with Gasteiger partial charge < -0.3 is 10.0 Å². The first kappa shape index (κ1) is 9.33. The summed E-state index contributed by atoms with van der Waals surface area (Å²) in [6, 6.07) is 0. The lowest BCUT2D eigenvalue weighted by atomic mass is 10.1. The van der Waals surface area contributed by atoms with Gasteiger partial charge in [0.2, 0.25) is 5.95 Å². The van der Waals surface area contributed by atoms with Crippen LogP contribution in [0.2, 0.25) is 0 Å². The lowest BCUT2D eigenvalue weighted by Crippen LogP contribution is -2.39. The molecule has 0 unspecified atom stereocenters. The zero-order valence-corrected chi connectivity index (χ0v) is 7.73. The van der Waals surface area contributed by atoms with Crippen molar-refractivity contribution in [3.8, 4) is 0 Å². The quantitative estimate of drug-likeness (QED) is 0.715. The molecule has 76 valence electrons. The van der Waals surface area contributed by atoms with Gasteiger partial charge in [-0.3, -0.25) is 0 Å². The molecule has 1 fully saturated rings. The van der Waals surface area contributed by atoms with E-state index in [2.05, 4.69) is 9.97 Å². The summed E-state index contributed by atoms with van der Waals surface area (Å²) in [7, 11) is 0. The highest BCUT2D eigenvalue weighted by molar-refractivity contribution is 5.29. The predicted octanol–water partition coefficient (Wildman–Crippen LogP) is 0.577. The fourth-order valence-corrected chi connectivity index (χ4v) is 1.61. The molecule has 0 amide bonds. The number of β-amino-alcohol motifs (C(OH)–C–C–N with tert-alkyl or cyclic N) is 1. The third-order valence-electron chi connectivity index (χ3n) is 2.29. The molecule has 1 aromatic heterocycles. The Balaban J connectivity index is 2.10. The van der Waals surface area contributed by atoms with Gasteiger partial charge in [0, 0.05) is 13.1 Å². The van der Waals surface area contributed by atoms with Crippen molar-refractivity contribution in [3.05, 3.63) is 18.2 Å². The molecule has 0 saturated carbocycles. The zero-order chi connectivity index (χ0) is 9.97. The van der Waals surface area contributed by atoms with E-state index in [1.54, 1.807) is 0 Å². The average Bonchev–Trinajstić information content (AvgIpc) is 2.19. The number of nitrogens with zero attached hydrogens (tertiary/aromatic N) is 3. The number of aliphatic hydroxyl groups excluding tert-OH is 1. The second-order valence-corrected chi connectivity index (χ2v) is 3.44. The molecular weight excluding hydrogens is 185 g/mol. The molecule has 1 saturated heterocycles. The summed E-state index contributed by atoms with van der Waals surface area (Å²) in [5.41, 5.74) is 0. The monoisotopic (exact) mass is 197 g/mol. The van der Waals surface area contributed by atoms with Gasteiger partial charge in [0.1, 0.15) is 0 Å². The Hall–Kier alpha value is -1.23. The lowest BCUT2D eigenvalue weighted by Gasteiger charge is -2.29. The number of halogens is 1. The molecule has 0 radical (unpaired) electrons. The van der Waals surface area contributed by atoms with Crippen molar-refractivity contribution in [2.24, 2.45) is 0 Å². The van der Waals surface area contributed by atoms with Gasteiger partial charge >= 0.3 is 0 Å². The van der Waals surface area contributed by atoms with Crippen LogP contribution in [0.5, 0.6) is 0 Å². The summed E-state index contributed by atoms with van der Waals surface area (Å²) in [6.07, 6.45) is 3.70. The zero-order valence-electron chi connectivity index (χ0n) is 7.73. The van der Waals surface area contributed by atoms with Gasteiger partial charge in [-0.2, -0.15) is 0 Å². The molecule has 4 nitrogen and oxygen atoms in total. The average molecular weight is 197 g/mol.